The quantitative estimate of drug-likeness (QED) is 0.890. The Morgan fingerprint density at radius 2 is 1.73 bits per heavy atom. The zero-order valence-corrected chi connectivity index (χ0v) is 14.9. The van der Waals surface area contributed by atoms with E-state index in [1.165, 1.54) is 0 Å². The van der Waals surface area contributed by atoms with E-state index in [9.17, 15) is 9.59 Å². The average molecular weight is 353 g/mol. The van der Waals surface area contributed by atoms with Crippen molar-refractivity contribution in [1.29, 1.82) is 0 Å². The van der Waals surface area contributed by atoms with Crippen LogP contribution >= 0.6 is 0 Å². The third-order valence-electron chi connectivity index (χ3n) is 4.49. The highest BCUT2D eigenvalue weighted by molar-refractivity contribution is 5.96. The number of rotatable bonds is 5. The number of carbonyl (C=O) groups excluding carboxylic acids is 2. The number of anilines is 1. The molecule has 0 aliphatic carbocycles. The largest absolute Gasteiger partial charge is 0.497 e. The minimum Gasteiger partial charge on any atom is -0.497 e. The SMILES string of the molecule is COc1cccc(N2CCN(C(=O)CNC(=O)c3ccccc3)CC2)c1. The molecule has 0 radical (unpaired) electrons. The Balaban J connectivity index is 1.48. The van der Waals surface area contributed by atoms with Crippen LogP contribution in [-0.4, -0.2) is 56.5 Å². The second kappa shape index (κ2) is 8.38. The Labute approximate surface area is 153 Å². The first-order valence-corrected chi connectivity index (χ1v) is 8.67. The molecule has 1 aliphatic rings. The van der Waals surface area contributed by atoms with Gasteiger partial charge in [0, 0.05) is 43.5 Å². The first-order chi connectivity index (χ1) is 12.7. The summed E-state index contributed by atoms with van der Waals surface area (Å²) in [5.41, 5.74) is 1.65. The summed E-state index contributed by atoms with van der Waals surface area (Å²) in [6.45, 7) is 2.80. The maximum atomic E-state index is 12.4. The lowest BCUT2D eigenvalue weighted by Crippen LogP contribution is -2.51. The molecule has 0 spiro atoms. The Kier molecular flexibility index (Phi) is 5.73. The summed E-state index contributed by atoms with van der Waals surface area (Å²) in [7, 11) is 1.65. The average Bonchev–Trinajstić information content (AvgIpc) is 2.72. The highest BCUT2D eigenvalue weighted by Gasteiger charge is 2.21. The van der Waals surface area contributed by atoms with E-state index < -0.39 is 0 Å². The normalized spacial score (nSPS) is 14.0. The lowest BCUT2D eigenvalue weighted by atomic mass is 10.2. The monoisotopic (exact) mass is 353 g/mol. The second-order valence-electron chi connectivity index (χ2n) is 6.12. The molecule has 6 nitrogen and oxygen atoms in total. The molecule has 1 fully saturated rings. The summed E-state index contributed by atoms with van der Waals surface area (Å²) in [5, 5.41) is 2.69. The van der Waals surface area contributed by atoms with Crippen LogP contribution in [0.2, 0.25) is 0 Å². The number of hydrogen-bond donors (Lipinski definition) is 1. The van der Waals surface area contributed by atoms with E-state index in [0.29, 0.717) is 18.7 Å². The molecule has 1 saturated heterocycles. The van der Waals surface area contributed by atoms with Crippen LogP contribution in [0.15, 0.2) is 54.6 Å². The van der Waals surface area contributed by atoms with E-state index in [1.54, 1.807) is 36.3 Å². The Bertz CT molecular complexity index is 756. The van der Waals surface area contributed by atoms with Crippen molar-refractivity contribution in [3.8, 4) is 5.75 Å². The number of methoxy groups -OCH3 is 1. The predicted octanol–water partition coefficient (Wildman–Crippen LogP) is 1.77. The lowest BCUT2D eigenvalue weighted by Gasteiger charge is -2.36. The van der Waals surface area contributed by atoms with Gasteiger partial charge in [0.15, 0.2) is 0 Å². The zero-order valence-electron chi connectivity index (χ0n) is 14.9. The third kappa shape index (κ3) is 4.33. The van der Waals surface area contributed by atoms with Crippen LogP contribution in [0.4, 0.5) is 5.69 Å². The summed E-state index contributed by atoms with van der Waals surface area (Å²) in [6.07, 6.45) is 0. The minimum atomic E-state index is -0.228. The Hall–Kier alpha value is -3.02. The molecule has 2 amide bonds. The van der Waals surface area contributed by atoms with Gasteiger partial charge in [-0.25, -0.2) is 0 Å². The second-order valence-corrected chi connectivity index (χ2v) is 6.12. The van der Waals surface area contributed by atoms with Crippen LogP contribution in [0.5, 0.6) is 5.75 Å². The predicted molar refractivity (Wildman–Crippen MR) is 101 cm³/mol. The molecule has 0 bridgehead atoms. The van der Waals surface area contributed by atoms with Gasteiger partial charge in [0.05, 0.1) is 13.7 Å². The molecule has 26 heavy (non-hydrogen) atoms. The van der Waals surface area contributed by atoms with E-state index in [1.807, 2.05) is 30.3 Å². The highest BCUT2D eigenvalue weighted by atomic mass is 16.5. The standard InChI is InChI=1S/C20H23N3O3/c1-26-18-9-5-8-17(14-18)22-10-12-23(13-11-22)19(24)15-21-20(25)16-6-3-2-4-7-16/h2-9,14H,10-13,15H2,1H3,(H,21,25). The zero-order chi connectivity index (χ0) is 18.4. The van der Waals surface area contributed by atoms with Gasteiger partial charge >= 0.3 is 0 Å². The van der Waals surface area contributed by atoms with Gasteiger partial charge in [-0.2, -0.15) is 0 Å². The number of ether oxygens (including phenoxy) is 1. The van der Waals surface area contributed by atoms with Gasteiger partial charge in [0.2, 0.25) is 5.91 Å². The van der Waals surface area contributed by atoms with Crippen LogP contribution in [0.3, 0.4) is 0 Å². The van der Waals surface area contributed by atoms with Gasteiger partial charge in [-0.3, -0.25) is 9.59 Å². The molecule has 0 saturated carbocycles. The number of benzene rings is 2. The van der Waals surface area contributed by atoms with Crippen LogP contribution in [0.1, 0.15) is 10.4 Å². The molecular formula is C20H23N3O3. The number of nitrogens with one attached hydrogen (secondary N) is 1. The third-order valence-corrected chi connectivity index (χ3v) is 4.49. The fourth-order valence-electron chi connectivity index (χ4n) is 2.98. The van der Waals surface area contributed by atoms with Crippen LogP contribution in [-0.2, 0) is 4.79 Å². The molecule has 136 valence electrons. The minimum absolute atomic E-state index is 0.0207. The van der Waals surface area contributed by atoms with Crippen molar-refractivity contribution in [2.75, 3.05) is 44.7 Å². The molecule has 0 aromatic heterocycles. The van der Waals surface area contributed by atoms with Crippen LogP contribution < -0.4 is 15.0 Å². The summed E-state index contributed by atoms with van der Waals surface area (Å²) in [5.74, 6) is 0.540. The van der Waals surface area contributed by atoms with E-state index >= 15 is 0 Å². The van der Waals surface area contributed by atoms with Gasteiger partial charge in [-0.05, 0) is 24.3 Å². The molecular weight excluding hydrogens is 330 g/mol. The molecule has 2 aromatic carbocycles. The number of amides is 2. The van der Waals surface area contributed by atoms with Crippen molar-refractivity contribution >= 4 is 17.5 Å². The number of nitrogens with zero attached hydrogens (tertiary/aromatic N) is 2. The lowest BCUT2D eigenvalue weighted by molar-refractivity contribution is -0.130. The first kappa shape index (κ1) is 17.8. The van der Waals surface area contributed by atoms with E-state index in [0.717, 1.165) is 24.5 Å². The highest BCUT2D eigenvalue weighted by Crippen LogP contribution is 2.22. The van der Waals surface area contributed by atoms with Crippen LogP contribution in [0, 0.1) is 0 Å². The Morgan fingerprint density at radius 3 is 2.42 bits per heavy atom. The molecule has 0 unspecified atom stereocenters. The van der Waals surface area contributed by atoms with Crippen molar-refractivity contribution in [1.82, 2.24) is 10.2 Å². The van der Waals surface area contributed by atoms with Gasteiger partial charge in [-0.15, -0.1) is 0 Å². The maximum absolute atomic E-state index is 12.4. The number of carbonyl (C=O) groups is 2. The van der Waals surface area contributed by atoms with E-state index in [4.69, 9.17) is 4.74 Å². The van der Waals surface area contributed by atoms with Crippen molar-refractivity contribution < 1.29 is 14.3 Å². The summed E-state index contributed by atoms with van der Waals surface area (Å²) in [6, 6.07) is 16.8. The molecule has 0 atom stereocenters. The molecule has 2 aromatic rings. The fourth-order valence-corrected chi connectivity index (χ4v) is 2.98. The summed E-state index contributed by atoms with van der Waals surface area (Å²) >= 11 is 0. The first-order valence-electron chi connectivity index (χ1n) is 8.67. The summed E-state index contributed by atoms with van der Waals surface area (Å²) < 4.78 is 5.26. The molecule has 1 N–H and O–H groups in total. The smallest absolute Gasteiger partial charge is 0.251 e. The van der Waals surface area contributed by atoms with Crippen molar-refractivity contribution in [3.05, 3.63) is 60.2 Å². The molecule has 1 aliphatic heterocycles. The van der Waals surface area contributed by atoms with Crippen LogP contribution in [0.25, 0.3) is 0 Å². The van der Waals surface area contributed by atoms with E-state index in [2.05, 4.69) is 10.2 Å². The molecule has 6 heteroatoms. The van der Waals surface area contributed by atoms with Gasteiger partial charge in [0.25, 0.3) is 5.91 Å². The van der Waals surface area contributed by atoms with Gasteiger partial charge in [-0.1, -0.05) is 24.3 Å². The van der Waals surface area contributed by atoms with E-state index in [-0.39, 0.29) is 18.4 Å². The van der Waals surface area contributed by atoms with Crippen molar-refractivity contribution in [2.24, 2.45) is 0 Å². The summed E-state index contributed by atoms with van der Waals surface area (Å²) in [4.78, 5) is 28.4. The van der Waals surface area contributed by atoms with Gasteiger partial charge < -0.3 is 19.9 Å². The molecule has 1 heterocycles. The molecule has 3 rings (SSSR count). The van der Waals surface area contributed by atoms with Crippen molar-refractivity contribution in [2.45, 2.75) is 0 Å². The fraction of sp³-hybridized carbons (Fsp3) is 0.300. The number of piperazine rings is 1. The maximum Gasteiger partial charge on any atom is 0.251 e. The number of hydrogen-bond acceptors (Lipinski definition) is 4. The van der Waals surface area contributed by atoms with Crippen molar-refractivity contribution in [3.63, 3.8) is 0 Å². The Morgan fingerprint density at radius 1 is 1.00 bits per heavy atom. The van der Waals surface area contributed by atoms with Gasteiger partial charge in [0.1, 0.15) is 5.75 Å². The topological polar surface area (TPSA) is 61.9 Å².